The molecular formula is C15H22N2O2. The Labute approximate surface area is 114 Å². The Morgan fingerprint density at radius 3 is 2.79 bits per heavy atom. The molecule has 2 atom stereocenters. The number of hydrogen-bond donors (Lipinski definition) is 1. The van der Waals surface area contributed by atoms with Crippen LogP contribution >= 0.6 is 0 Å². The first-order valence-corrected chi connectivity index (χ1v) is 6.87. The number of nitrogens with two attached hydrogens (primary N) is 1. The van der Waals surface area contributed by atoms with E-state index in [1.54, 1.807) is 0 Å². The van der Waals surface area contributed by atoms with E-state index in [-0.39, 0.29) is 12.0 Å². The molecular weight excluding hydrogens is 240 g/mol. The van der Waals surface area contributed by atoms with Gasteiger partial charge < -0.3 is 15.4 Å². The third-order valence-corrected chi connectivity index (χ3v) is 3.74. The first-order valence-electron chi connectivity index (χ1n) is 6.87. The number of benzene rings is 1. The van der Waals surface area contributed by atoms with Crippen LogP contribution in [0.2, 0.25) is 0 Å². The maximum atomic E-state index is 12.5. The van der Waals surface area contributed by atoms with Gasteiger partial charge in [0.25, 0.3) is 5.91 Å². The monoisotopic (exact) mass is 262 g/mol. The van der Waals surface area contributed by atoms with Gasteiger partial charge in [-0.05, 0) is 30.9 Å². The predicted octanol–water partition coefficient (Wildman–Crippen LogP) is 2.04. The van der Waals surface area contributed by atoms with Crippen LogP contribution in [0.25, 0.3) is 0 Å². The number of anilines is 1. The van der Waals surface area contributed by atoms with Crippen LogP contribution in [-0.4, -0.2) is 30.1 Å². The summed E-state index contributed by atoms with van der Waals surface area (Å²) in [5, 5.41) is 0. The van der Waals surface area contributed by atoms with Crippen molar-refractivity contribution in [3.8, 4) is 0 Å². The predicted molar refractivity (Wildman–Crippen MR) is 75.5 cm³/mol. The van der Waals surface area contributed by atoms with Crippen LogP contribution in [-0.2, 0) is 16.1 Å². The Morgan fingerprint density at radius 1 is 1.47 bits per heavy atom. The van der Waals surface area contributed by atoms with Crippen molar-refractivity contribution in [2.75, 3.05) is 18.9 Å². The Kier molecular flexibility index (Phi) is 4.43. The summed E-state index contributed by atoms with van der Waals surface area (Å²) in [6.07, 6.45) is 0.673. The highest BCUT2D eigenvalue weighted by Gasteiger charge is 2.33. The number of ether oxygens (including phenoxy) is 1. The minimum absolute atomic E-state index is 0.0794. The van der Waals surface area contributed by atoms with Crippen molar-refractivity contribution in [1.82, 2.24) is 4.90 Å². The molecule has 0 aliphatic carbocycles. The molecule has 2 N–H and O–H groups in total. The number of hydrogen-bond acceptors (Lipinski definition) is 3. The molecule has 2 unspecified atom stereocenters. The van der Waals surface area contributed by atoms with E-state index in [1.807, 2.05) is 36.1 Å². The van der Waals surface area contributed by atoms with Crippen LogP contribution in [0.5, 0.6) is 0 Å². The van der Waals surface area contributed by atoms with Crippen molar-refractivity contribution >= 4 is 11.6 Å². The minimum atomic E-state index is -0.287. The highest BCUT2D eigenvalue weighted by molar-refractivity contribution is 5.81. The molecule has 0 radical (unpaired) electrons. The summed E-state index contributed by atoms with van der Waals surface area (Å²) in [7, 11) is 0. The number of likely N-dealkylation sites (N-methyl/N-ethyl adjacent to an activating group) is 1. The van der Waals surface area contributed by atoms with Gasteiger partial charge in [-0.3, -0.25) is 4.79 Å². The third kappa shape index (κ3) is 3.07. The number of amides is 1. The molecule has 1 fully saturated rings. The number of para-hydroxylation sites is 1. The Bertz CT molecular complexity index is 448. The molecule has 0 aromatic heterocycles. The zero-order chi connectivity index (χ0) is 13.8. The zero-order valence-corrected chi connectivity index (χ0v) is 11.6. The molecule has 1 amide bonds. The van der Waals surface area contributed by atoms with Gasteiger partial charge in [0.1, 0.15) is 6.10 Å². The standard InChI is InChI=1S/C15H22N2O2/c1-3-17(10-12-6-4-5-7-13(12)16)15(18)14-11(2)8-9-19-14/h4-7,11,14H,3,8-10,16H2,1-2H3. The fourth-order valence-electron chi connectivity index (χ4n) is 2.42. The van der Waals surface area contributed by atoms with Gasteiger partial charge in [0, 0.05) is 25.4 Å². The first kappa shape index (κ1) is 13.9. The lowest BCUT2D eigenvalue weighted by atomic mass is 10.0. The second-order valence-corrected chi connectivity index (χ2v) is 5.11. The van der Waals surface area contributed by atoms with E-state index in [2.05, 4.69) is 6.92 Å². The molecule has 1 saturated heterocycles. The lowest BCUT2D eigenvalue weighted by Crippen LogP contribution is -2.40. The van der Waals surface area contributed by atoms with Crippen molar-refractivity contribution in [1.29, 1.82) is 0 Å². The van der Waals surface area contributed by atoms with E-state index in [9.17, 15) is 4.79 Å². The highest BCUT2D eigenvalue weighted by Crippen LogP contribution is 2.23. The maximum Gasteiger partial charge on any atom is 0.252 e. The largest absolute Gasteiger partial charge is 0.398 e. The summed E-state index contributed by atoms with van der Waals surface area (Å²) >= 11 is 0. The molecule has 1 aromatic rings. The molecule has 1 heterocycles. The fraction of sp³-hybridized carbons (Fsp3) is 0.533. The first-order chi connectivity index (χ1) is 9.13. The topological polar surface area (TPSA) is 55.6 Å². The number of nitrogen functional groups attached to an aromatic ring is 1. The van der Waals surface area contributed by atoms with Crippen LogP contribution in [0.15, 0.2) is 24.3 Å². The van der Waals surface area contributed by atoms with Gasteiger partial charge >= 0.3 is 0 Å². The summed E-state index contributed by atoms with van der Waals surface area (Å²) in [5.74, 6) is 0.380. The van der Waals surface area contributed by atoms with Crippen LogP contribution in [0.4, 0.5) is 5.69 Å². The average Bonchev–Trinajstić information content (AvgIpc) is 2.83. The number of rotatable bonds is 4. The second-order valence-electron chi connectivity index (χ2n) is 5.11. The zero-order valence-electron chi connectivity index (χ0n) is 11.6. The Morgan fingerprint density at radius 2 is 2.21 bits per heavy atom. The van der Waals surface area contributed by atoms with Gasteiger partial charge in [-0.15, -0.1) is 0 Å². The summed E-state index contributed by atoms with van der Waals surface area (Å²) in [5.41, 5.74) is 7.66. The second kappa shape index (κ2) is 6.06. The van der Waals surface area contributed by atoms with Crippen LogP contribution in [0.3, 0.4) is 0 Å². The molecule has 4 nitrogen and oxygen atoms in total. The lowest BCUT2D eigenvalue weighted by molar-refractivity contribution is -0.142. The maximum absolute atomic E-state index is 12.5. The van der Waals surface area contributed by atoms with Crippen molar-refractivity contribution < 1.29 is 9.53 Å². The SMILES string of the molecule is CCN(Cc1ccccc1N)C(=O)C1OCCC1C. The summed E-state index contributed by atoms with van der Waals surface area (Å²) in [6, 6.07) is 7.67. The Balaban J connectivity index is 2.08. The molecule has 0 spiro atoms. The number of carbonyl (C=O) groups is 1. The minimum Gasteiger partial charge on any atom is -0.398 e. The molecule has 1 aliphatic rings. The number of carbonyl (C=O) groups excluding carboxylic acids is 1. The summed E-state index contributed by atoms with van der Waals surface area (Å²) in [4.78, 5) is 14.3. The summed E-state index contributed by atoms with van der Waals surface area (Å²) < 4.78 is 5.56. The quantitative estimate of drug-likeness (QED) is 0.845. The van der Waals surface area contributed by atoms with Crippen molar-refractivity contribution in [3.63, 3.8) is 0 Å². The van der Waals surface area contributed by atoms with Crippen molar-refractivity contribution in [2.24, 2.45) is 5.92 Å². The smallest absolute Gasteiger partial charge is 0.252 e. The van der Waals surface area contributed by atoms with E-state index in [0.29, 0.717) is 25.6 Å². The molecule has 0 bridgehead atoms. The molecule has 2 rings (SSSR count). The normalized spacial score (nSPS) is 22.4. The molecule has 104 valence electrons. The van der Waals surface area contributed by atoms with Gasteiger partial charge in [0.05, 0.1) is 0 Å². The van der Waals surface area contributed by atoms with E-state index in [4.69, 9.17) is 10.5 Å². The van der Waals surface area contributed by atoms with Gasteiger partial charge in [-0.2, -0.15) is 0 Å². The van der Waals surface area contributed by atoms with Crippen molar-refractivity contribution in [3.05, 3.63) is 29.8 Å². The third-order valence-electron chi connectivity index (χ3n) is 3.74. The van der Waals surface area contributed by atoms with Crippen molar-refractivity contribution in [2.45, 2.75) is 32.9 Å². The van der Waals surface area contributed by atoms with Gasteiger partial charge in [-0.1, -0.05) is 25.1 Å². The lowest BCUT2D eigenvalue weighted by Gasteiger charge is -2.26. The van der Waals surface area contributed by atoms with Gasteiger partial charge in [0.2, 0.25) is 0 Å². The Hall–Kier alpha value is -1.55. The van der Waals surface area contributed by atoms with E-state index >= 15 is 0 Å². The summed E-state index contributed by atoms with van der Waals surface area (Å²) in [6.45, 7) is 5.95. The van der Waals surface area contributed by atoms with Crippen LogP contribution in [0, 0.1) is 5.92 Å². The van der Waals surface area contributed by atoms with Crippen LogP contribution < -0.4 is 5.73 Å². The average molecular weight is 262 g/mol. The molecule has 1 aromatic carbocycles. The van der Waals surface area contributed by atoms with E-state index in [0.717, 1.165) is 17.7 Å². The van der Waals surface area contributed by atoms with E-state index < -0.39 is 0 Å². The molecule has 19 heavy (non-hydrogen) atoms. The highest BCUT2D eigenvalue weighted by atomic mass is 16.5. The van der Waals surface area contributed by atoms with Crippen LogP contribution in [0.1, 0.15) is 25.8 Å². The van der Waals surface area contributed by atoms with Gasteiger partial charge in [-0.25, -0.2) is 0 Å². The molecule has 0 saturated carbocycles. The van der Waals surface area contributed by atoms with E-state index in [1.165, 1.54) is 0 Å². The van der Waals surface area contributed by atoms with Gasteiger partial charge in [0.15, 0.2) is 0 Å². The number of nitrogens with zero attached hydrogens (tertiary/aromatic N) is 1. The molecule has 1 aliphatic heterocycles. The fourth-order valence-corrected chi connectivity index (χ4v) is 2.42. The molecule has 4 heteroatoms.